The third kappa shape index (κ3) is 4.39. The molecule has 1 fully saturated rings. The van der Waals surface area contributed by atoms with Crippen LogP contribution in [-0.4, -0.2) is 62.4 Å². The van der Waals surface area contributed by atoms with Crippen LogP contribution in [0, 0.1) is 0 Å². The van der Waals surface area contributed by atoms with Crippen LogP contribution in [0.3, 0.4) is 0 Å². The highest BCUT2D eigenvalue weighted by Crippen LogP contribution is 2.16. The number of rotatable bonds is 7. The van der Waals surface area contributed by atoms with Gasteiger partial charge in [0.2, 0.25) is 5.89 Å². The molecule has 2 aromatic rings. The summed E-state index contributed by atoms with van der Waals surface area (Å²) in [6.07, 6.45) is 7.11. The lowest BCUT2D eigenvalue weighted by Gasteiger charge is -2.37. The Hall–Kier alpha value is -1.73. The van der Waals surface area contributed by atoms with Crippen molar-refractivity contribution in [3.63, 3.8) is 0 Å². The van der Waals surface area contributed by atoms with Crippen LogP contribution >= 0.6 is 0 Å². The summed E-state index contributed by atoms with van der Waals surface area (Å²) in [4.78, 5) is 9.30. The number of hydrogen-bond acceptors (Lipinski definition) is 6. The van der Waals surface area contributed by atoms with Crippen LogP contribution in [-0.2, 0) is 19.5 Å². The predicted molar refractivity (Wildman–Crippen MR) is 86.8 cm³/mol. The summed E-state index contributed by atoms with van der Waals surface area (Å²) >= 11 is 0. The lowest BCUT2D eigenvalue weighted by Crippen LogP contribution is -2.47. The molecule has 0 bridgehead atoms. The Labute approximate surface area is 137 Å². The highest BCUT2D eigenvalue weighted by atomic mass is 16.5. The van der Waals surface area contributed by atoms with E-state index in [-0.39, 0.29) is 0 Å². The zero-order valence-corrected chi connectivity index (χ0v) is 14.1. The minimum atomic E-state index is 0.580. The molecule has 7 heteroatoms. The molecule has 0 saturated carbocycles. The van der Waals surface area contributed by atoms with Gasteiger partial charge >= 0.3 is 0 Å². The highest BCUT2D eigenvalue weighted by molar-refractivity contribution is 4.88. The number of likely N-dealkylation sites (tertiary alicyclic amines) is 1. The molecule has 3 rings (SSSR count). The van der Waals surface area contributed by atoms with Crippen molar-refractivity contribution in [2.24, 2.45) is 0 Å². The van der Waals surface area contributed by atoms with E-state index in [9.17, 15) is 0 Å². The van der Waals surface area contributed by atoms with Crippen molar-refractivity contribution in [1.29, 1.82) is 0 Å². The number of likely N-dealkylation sites (N-methyl/N-ethyl adjacent to an activating group) is 1. The summed E-state index contributed by atoms with van der Waals surface area (Å²) in [7, 11) is 2.21. The second-order valence-electron chi connectivity index (χ2n) is 6.24. The maximum atomic E-state index is 5.20. The van der Waals surface area contributed by atoms with Crippen molar-refractivity contribution in [2.45, 2.75) is 45.3 Å². The molecule has 23 heavy (non-hydrogen) atoms. The zero-order valence-electron chi connectivity index (χ0n) is 14.1. The van der Waals surface area contributed by atoms with Gasteiger partial charge in [-0.3, -0.25) is 9.58 Å². The van der Waals surface area contributed by atoms with Crippen LogP contribution < -0.4 is 0 Å². The SMILES string of the molecule is CCc1nc(CN2CCC[C@H](N(C)CCn3cccn3)C2)no1. The van der Waals surface area contributed by atoms with Gasteiger partial charge in [-0.05, 0) is 32.5 Å². The second-order valence-corrected chi connectivity index (χ2v) is 6.24. The molecule has 7 nitrogen and oxygen atoms in total. The molecule has 1 aliphatic rings. The van der Waals surface area contributed by atoms with E-state index in [0.717, 1.165) is 50.9 Å². The van der Waals surface area contributed by atoms with E-state index in [0.29, 0.717) is 6.04 Å². The first-order chi connectivity index (χ1) is 11.2. The predicted octanol–water partition coefficient (Wildman–Crippen LogP) is 1.42. The minimum absolute atomic E-state index is 0.580. The Balaban J connectivity index is 1.48. The number of piperidine rings is 1. The third-order valence-electron chi connectivity index (χ3n) is 4.52. The zero-order chi connectivity index (χ0) is 16.1. The van der Waals surface area contributed by atoms with E-state index in [4.69, 9.17) is 4.52 Å². The molecule has 0 spiro atoms. The van der Waals surface area contributed by atoms with Crippen molar-refractivity contribution in [1.82, 2.24) is 29.7 Å². The fourth-order valence-electron chi connectivity index (χ4n) is 3.11. The van der Waals surface area contributed by atoms with Gasteiger partial charge in [0.25, 0.3) is 0 Å². The second kappa shape index (κ2) is 7.70. The minimum Gasteiger partial charge on any atom is -0.339 e. The average molecular weight is 318 g/mol. The molecule has 0 N–H and O–H groups in total. The van der Waals surface area contributed by atoms with Gasteiger partial charge in [-0.25, -0.2) is 0 Å². The molecule has 1 aliphatic heterocycles. The summed E-state index contributed by atoms with van der Waals surface area (Å²) in [5.41, 5.74) is 0. The first-order valence-corrected chi connectivity index (χ1v) is 8.46. The first-order valence-electron chi connectivity index (χ1n) is 8.46. The Bertz CT molecular complexity index is 581. The summed E-state index contributed by atoms with van der Waals surface area (Å²) in [6, 6.07) is 2.55. The van der Waals surface area contributed by atoms with E-state index in [1.165, 1.54) is 12.8 Å². The number of hydrogen-bond donors (Lipinski definition) is 0. The molecule has 0 aliphatic carbocycles. The fourth-order valence-corrected chi connectivity index (χ4v) is 3.11. The van der Waals surface area contributed by atoms with Crippen molar-refractivity contribution >= 4 is 0 Å². The van der Waals surface area contributed by atoms with E-state index in [1.54, 1.807) is 0 Å². The number of nitrogens with zero attached hydrogens (tertiary/aromatic N) is 6. The van der Waals surface area contributed by atoms with Gasteiger partial charge in [0.05, 0.1) is 13.1 Å². The largest absolute Gasteiger partial charge is 0.339 e. The van der Waals surface area contributed by atoms with Crippen LogP contribution in [0.5, 0.6) is 0 Å². The van der Waals surface area contributed by atoms with Gasteiger partial charge in [-0.15, -0.1) is 0 Å². The normalized spacial score (nSPS) is 19.5. The molecule has 1 saturated heterocycles. The molecule has 126 valence electrons. The quantitative estimate of drug-likeness (QED) is 0.769. The van der Waals surface area contributed by atoms with Crippen LogP contribution in [0.25, 0.3) is 0 Å². The smallest absolute Gasteiger partial charge is 0.226 e. The van der Waals surface area contributed by atoms with Gasteiger partial charge in [-0.2, -0.15) is 10.1 Å². The van der Waals surface area contributed by atoms with E-state index >= 15 is 0 Å². The summed E-state index contributed by atoms with van der Waals surface area (Å²) in [6.45, 7) is 6.94. The van der Waals surface area contributed by atoms with Crippen molar-refractivity contribution in [3.8, 4) is 0 Å². The Morgan fingerprint density at radius 2 is 2.35 bits per heavy atom. The first kappa shape index (κ1) is 16.1. The lowest BCUT2D eigenvalue weighted by molar-refractivity contribution is 0.106. The lowest BCUT2D eigenvalue weighted by atomic mass is 10.0. The van der Waals surface area contributed by atoms with Gasteiger partial charge in [0, 0.05) is 37.9 Å². The average Bonchev–Trinajstić information content (AvgIpc) is 3.24. The molecule has 0 radical (unpaired) electrons. The van der Waals surface area contributed by atoms with Crippen LogP contribution in [0.15, 0.2) is 23.0 Å². The molecule has 0 amide bonds. The van der Waals surface area contributed by atoms with Gasteiger partial charge < -0.3 is 9.42 Å². The maximum absolute atomic E-state index is 5.20. The standard InChI is InChI=1S/C16H26N6O/c1-3-16-18-15(19-23-16)13-21-8-4-6-14(12-21)20(2)10-11-22-9-5-7-17-22/h5,7,9,14H,3-4,6,8,10-13H2,1-2H3/t14-/m0/s1. The topological polar surface area (TPSA) is 63.2 Å². The van der Waals surface area contributed by atoms with Crippen molar-refractivity contribution in [3.05, 3.63) is 30.2 Å². The molecule has 1 atom stereocenters. The van der Waals surface area contributed by atoms with Gasteiger partial charge in [-0.1, -0.05) is 12.1 Å². The number of aromatic nitrogens is 4. The van der Waals surface area contributed by atoms with Crippen LogP contribution in [0.4, 0.5) is 0 Å². The third-order valence-corrected chi connectivity index (χ3v) is 4.52. The Morgan fingerprint density at radius 3 is 3.09 bits per heavy atom. The summed E-state index contributed by atoms with van der Waals surface area (Å²) in [5, 5.41) is 8.34. The van der Waals surface area contributed by atoms with Crippen LogP contribution in [0.2, 0.25) is 0 Å². The van der Waals surface area contributed by atoms with Gasteiger partial charge in [0.1, 0.15) is 0 Å². The molecule has 0 aromatic carbocycles. The van der Waals surface area contributed by atoms with E-state index in [1.807, 2.05) is 30.1 Å². The summed E-state index contributed by atoms with van der Waals surface area (Å²) < 4.78 is 7.19. The molecule has 3 heterocycles. The molecular formula is C16H26N6O. The van der Waals surface area contributed by atoms with Crippen molar-refractivity contribution in [2.75, 3.05) is 26.7 Å². The van der Waals surface area contributed by atoms with Crippen molar-refractivity contribution < 1.29 is 4.52 Å². The fraction of sp³-hybridized carbons (Fsp3) is 0.688. The monoisotopic (exact) mass is 318 g/mol. The number of aryl methyl sites for hydroxylation is 1. The molecule has 2 aromatic heterocycles. The summed E-state index contributed by atoms with van der Waals surface area (Å²) in [5.74, 6) is 1.53. The van der Waals surface area contributed by atoms with E-state index in [2.05, 4.69) is 32.1 Å². The van der Waals surface area contributed by atoms with Crippen LogP contribution in [0.1, 0.15) is 31.5 Å². The molecular weight excluding hydrogens is 292 g/mol. The Kier molecular flexibility index (Phi) is 5.40. The van der Waals surface area contributed by atoms with Gasteiger partial charge in [0.15, 0.2) is 5.82 Å². The highest BCUT2D eigenvalue weighted by Gasteiger charge is 2.24. The van der Waals surface area contributed by atoms with E-state index < -0.39 is 0 Å². The molecule has 0 unspecified atom stereocenters. The maximum Gasteiger partial charge on any atom is 0.226 e. The Morgan fingerprint density at radius 1 is 1.43 bits per heavy atom.